The summed E-state index contributed by atoms with van der Waals surface area (Å²) in [4.78, 5) is 12.3. The molecule has 0 unspecified atom stereocenters. The number of ether oxygens (including phenoxy) is 1. The Kier molecular flexibility index (Phi) is 4.12. The Labute approximate surface area is 122 Å². The number of hydrogen-bond acceptors (Lipinski definition) is 3. The quantitative estimate of drug-likeness (QED) is 0.852. The third-order valence-electron chi connectivity index (χ3n) is 3.28. The number of methoxy groups -OCH3 is 1. The summed E-state index contributed by atoms with van der Waals surface area (Å²) in [7, 11) is 1.39. The molecule has 1 amide bonds. The van der Waals surface area contributed by atoms with Crippen LogP contribution in [-0.2, 0) is 0 Å². The van der Waals surface area contributed by atoms with E-state index in [0.717, 1.165) is 11.1 Å². The highest BCUT2D eigenvalue weighted by atomic mass is 19.1. The van der Waals surface area contributed by atoms with Gasteiger partial charge in [-0.25, -0.2) is 4.39 Å². The average molecular weight is 288 g/mol. The first-order chi connectivity index (χ1) is 9.93. The SMILES string of the molecule is COc1cccc(F)c1C(=O)Nc1cc(C)c(N)cc1C. The number of aryl methyl sites for hydroxylation is 2. The van der Waals surface area contributed by atoms with E-state index >= 15 is 0 Å². The van der Waals surface area contributed by atoms with Crippen molar-refractivity contribution in [3.63, 3.8) is 0 Å². The number of nitrogens with two attached hydrogens (primary N) is 1. The van der Waals surface area contributed by atoms with Crippen molar-refractivity contribution < 1.29 is 13.9 Å². The summed E-state index contributed by atoms with van der Waals surface area (Å²) in [5.41, 5.74) is 8.58. The zero-order valence-corrected chi connectivity index (χ0v) is 12.2. The lowest BCUT2D eigenvalue weighted by Crippen LogP contribution is -2.16. The van der Waals surface area contributed by atoms with Crippen molar-refractivity contribution in [3.8, 4) is 5.75 Å². The second-order valence-electron chi connectivity index (χ2n) is 4.79. The van der Waals surface area contributed by atoms with Gasteiger partial charge in [0.15, 0.2) is 0 Å². The highest BCUT2D eigenvalue weighted by molar-refractivity contribution is 6.06. The van der Waals surface area contributed by atoms with E-state index in [2.05, 4.69) is 5.32 Å². The topological polar surface area (TPSA) is 64.3 Å². The highest BCUT2D eigenvalue weighted by Gasteiger charge is 2.18. The second kappa shape index (κ2) is 5.83. The number of rotatable bonds is 3. The molecule has 0 fully saturated rings. The lowest BCUT2D eigenvalue weighted by Gasteiger charge is -2.13. The maximum atomic E-state index is 13.9. The number of nitrogens with one attached hydrogen (secondary N) is 1. The number of amides is 1. The van der Waals surface area contributed by atoms with Gasteiger partial charge in [0.05, 0.1) is 7.11 Å². The molecule has 0 heterocycles. The molecule has 0 atom stereocenters. The monoisotopic (exact) mass is 288 g/mol. The first-order valence-electron chi connectivity index (χ1n) is 6.44. The zero-order chi connectivity index (χ0) is 15.6. The number of anilines is 2. The van der Waals surface area contributed by atoms with Crippen molar-refractivity contribution in [2.45, 2.75) is 13.8 Å². The molecule has 0 aliphatic carbocycles. The van der Waals surface area contributed by atoms with E-state index in [4.69, 9.17) is 10.5 Å². The van der Waals surface area contributed by atoms with E-state index in [1.165, 1.54) is 19.2 Å². The molecular formula is C16H17FN2O2. The molecule has 0 aromatic heterocycles. The number of carbonyl (C=O) groups is 1. The molecule has 21 heavy (non-hydrogen) atoms. The molecule has 0 spiro atoms. The normalized spacial score (nSPS) is 10.3. The van der Waals surface area contributed by atoms with Crippen LogP contribution in [0.5, 0.6) is 5.75 Å². The molecule has 0 aliphatic heterocycles. The van der Waals surface area contributed by atoms with Gasteiger partial charge in [-0.1, -0.05) is 6.07 Å². The van der Waals surface area contributed by atoms with Crippen molar-refractivity contribution in [2.24, 2.45) is 0 Å². The summed E-state index contributed by atoms with van der Waals surface area (Å²) in [6, 6.07) is 7.78. The van der Waals surface area contributed by atoms with Gasteiger partial charge < -0.3 is 15.8 Å². The van der Waals surface area contributed by atoms with E-state index in [9.17, 15) is 9.18 Å². The van der Waals surface area contributed by atoms with Gasteiger partial charge in [0, 0.05) is 11.4 Å². The largest absolute Gasteiger partial charge is 0.496 e. The average Bonchev–Trinajstić information content (AvgIpc) is 2.44. The van der Waals surface area contributed by atoms with E-state index in [1.54, 1.807) is 18.2 Å². The minimum absolute atomic E-state index is 0.117. The molecule has 0 radical (unpaired) electrons. The summed E-state index contributed by atoms with van der Waals surface area (Å²) in [6.45, 7) is 3.66. The lowest BCUT2D eigenvalue weighted by atomic mass is 10.1. The second-order valence-corrected chi connectivity index (χ2v) is 4.79. The molecule has 2 aromatic carbocycles. The fourth-order valence-corrected chi connectivity index (χ4v) is 2.05. The predicted octanol–water partition coefficient (Wildman–Crippen LogP) is 3.29. The van der Waals surface area contributed by atoms with Crippen LogP contribution in [0.15, 0.2) is 30.3 Å². The summed E-state index contributed by atoms with van der Waals surface area (Å²) < 4.78 is 18.9. The molecule has 0 saturated carbocycles. The lowest BCUT2D eigenvalue weighted by molar-refractivity contribution is 0.102. The van der Waals surface area contributed by atoms with Crippen molar-refractivity contribution in [1.29, 1.82) is 0 Å². The van der Waals surface area contributed by atoms with Gasteiger partial charge in [0.1, 0.15) is 17.1 Å². The van der Waals surface area contributed by atoms with E-state index < -0.39 is 11.7 Å². The highest BCUT2D eigenvalue weighted by Crippen LogP contribution is 2.26. The molecule has 0 saturated heterocycles. The summed E-state index contributed by atoms with van der Waals surface area (Å²) in [5, 5.41) is 2.70. The predicted molar refractivity (Wildman–Crippen MR) is 81.2 cm³/mol. The van der Waals surface area contributed by atoms with Crippen molar-refractivity contribution in [1.82, 2.24) is 0 Å². The minimum Gasteiger partial charge on any atom is -0.496 e. The van der Waals surface area contributed by atoms with Crippen LogP contribution in [0.2, 0.25) is 0 Å². The Balaban J connectivity index is 2.37. The summed E-state index contributed by atoms with van der Waals surface area (Å²) >= 11 is 0. The van der Waals surface area contributed by atoms with Crippen molar-refractivity contribution in [2.75, 3.05) is 18.2 Å². The van der Waals surface area contributed by atoms with Crippen LogP contribution in [0.4, 0.5) is 15.8 Å². The molecule has 3 N–H and O–H groups in total. The number of carbonyl (C=O) groups excluding carboxylic acids is 1. The van der Waals surface area contributed by atoms with Gasteiger partial charge in [-0.3, -0.25) is 4.79 Å². The van der Waals surface area contributed by atoms with Crippen LogP contribution in [0.1, 0.15) is 21.5 Å². The zero-order valence-electron chi connectivity index (χ0n) is 12.2. The van der Waals surface area contributed by atoms with E-state index in [-0.39, 0.29) is 11.3 Å². The van der Waals surface area contributed by atoms with Crippen LogP contribution in [0.3, 0.4) is 0 Å². The third kappa shape index (κ3) is 2.97. The minimum atomic E-state index is -0.628. The Bertz CT molecular complexity index is 699. The molecule has 110 valence electrons. The maximum Gasteiger partial charge on any atom is 0.262 e. The number of nitrogen functional groups attached to an aromatic ring is 1. The van der Waals surface area contributed by atoms with Crippen LogP contribution in [0.25, 0.3) is 0 Å². The standard InChI is InChI=1S/C16H17FN2O2/c1-9-8-13(10(2)7-12(9)18)19-16(20)15-11(17)5-4-6-14(15)21-3/h4-8H,18H2,1-3H3,(H,19,20). The molecule has 5 heteroatoms. The van der Waals surface area contributed by atoms with Gasteiger partial charge in [0.2, 0.25) is 0 Å². The maximum absolute atomic E-state index is 13.9. The van der Waals surface area contributed by atoms with Gasteiger partial charge in [0.25, 0.3) is 5.91 Å². The van der Waals surface area contributed by atoms with Crippen molar-refractivity contribution >= 4 is 17.3 Å². The summed E-state index contributed by atoms with van der Waals surface area (Å²) in [6.07, 6.45) is 0. The number of hydrogen-bond donors (Lipinski definition) is 2. The molecule has 0 aliphatic rings. The molecular weight excluding hydrogens is 271 g/mol. The Morgan fingerprint density at radius 1 is 1.24 bits per heavy atom. The number of benzene rings is 2. The Morgan fingerprint density at radius 2 is 1.95 bits per heavy atom. The fraction of sp³-hybridized carbons (Fsp3) is 0.188. The van der Waals surface area contributed by atoms with E-state index in [0.29, 0.717) is 11.4 Å². The molecule has 0 bridgehead atoms. The fourth-order valence-electron chi connectivity index (χ4n) is 2.05. The van der Waals surface area contributed by atoms with Crippen LogP contribution < -0.4 is 15.8 Å². The van der Waals surface area contributed by atoms with Crippen LogP contribution in [0, 0.1) is 19.7 Å². The summed E-state index contributed by atoms with van der Waals surface area (Å²) in [5.74, 6) is -0.994. The Hall–Kier alpha value is -2.56. The first-order valence-corrected chi connectivity index (χ1v) is 6.44. The molecule has 2 rings (SSSR count). The number of halogens is 1. The molecule has 4 nitrogen and oxygen atoms in total. The Morgan fingerprint density at radius 3 is 2.62 bits per heavy atom. The third-order valence-corrected chi connectivity index (χ3v) is 3.28. The molecule has 2 aromatic rings. The smallest absolute Gasteiger partial charge is 0.262 e. The first kappa shape index (κ1) is 14.8. The van der Waals surface area contributed by atoms with Gasteiger partial charge >= 0.3 is 0 Å². The van der Waals surface area contributed by atoms with Crippen LogP contribution in [-0.4, -0.2) is 13.0 Å². The van der Waals surface area contributed by atoms with Crippen LogP contribution >= 0.6 is 0 Å². The van der Waals surface area contributed by atoms with E-state index in [1.807, 2.05) is 13.8 Å². The van der Waals surface area contributed by atoms with Gasteiger partial charge in [-0.2, -0.15) is 0 Å². The van der Waals surface area contributed by atoms with Gasteiger partial charge in [-0.05, 0) is 49.2 Å². The van der Waals surface area contributed by atoms with Crippen molar-refractivity contribution in [3.05, 3.63) is 52.8 Å². The van der Waals surface area contributed by atoms with Gasteiger partial charge in [-0.15, -0.1) is 0 Å².